The molecule has 98 valence electrons. The summed E-state index contributed by atoms with van der Waals surface area (Å²) in [6.07, 6.45) is 0. The van der Waals surface area contributed by atoms with E-state index in [1.54, 1.807) is 37.3 Å². The summed E-state index contributed by atoms with van der Waals surface area (Å²) >= 11 is 0. The number of carboxylic acids is 1. The van der Waals surface area contributed by atoms with E-state index in [1.165, 1.54) is 0 Å². The molecular weight excluding hydrogens is 244 g/mol. The molecule has 2 rings (SSSR count). The van der Waals surface area contributed by atoms with Gasteiger partial charge < -0.3 is 16.2 Å². The molecule has 0 saturated heterocycles. The average Bonchev–Trinajstić information content (AvgIpc) is 2.35. The Labute approximate surface area is 110 Å². The molecule has 0 saturated carbocycles. The molecule has 1 aromatic carbocycles. The zero-order valence-electron chi connectivity index (χ0n) is 10.4. The minimum atomic E-state index is -0.985. The first kappa shape index (κ1) is 12.8. The van der Waals surface area contributed by atoms with Crippen LogP contribution in [0.3, 0.4) is 0 Å². The molecule has 0 amide bonds. The van der Waals surface area contributed by atoms with Gasteiger partial charge in [-0.05, 0) is 12.5 Å². The van der Waals surface area contributed by atoms with Gasteiger partial charge in [-0.25, -0.2) is 9.78 Å². The number of aromatic nitrogens is 2. The molecule has 0 aliphatic heterocycles. The van der Waals surface area contributed by atoms with E-state index in [2.05, 4.69) is 15.3 Å². The molecule has 6 nitrogen and oxygen atoms in total. The quantitative estimate of drug-likeness (QED) is 0.770. The van der Waals surface area contributed by atoms with Gasteiger partial charge in [-0.3, -0.25) is 0 Å². The van der Waals surface area contributed by atoms with Gasteiger partial charge in [0.25, 0.3) is 0 Å². The van der Waals surface area contributed by atoms with Crippen LogP contribution in [-0.2, 0) is 4.79 Å². The van der Waals surface area contributed by atoms with Gasteiger partial charge in [-0.1, -0.05) is 30.3 Å². The van der Waals surface area contributed by atoms with Crippen LogP contribution in [0.2, 0.25) is 0 Å². The van der Waals surface area contributed by atoms with Crippen molar-refractivity contribution in [2.24, 2.45) is 0 Å². The Morgan fingerprint density at radius 3 is 2.58 bits per heavy atom. The van der Waals surface area contributed by atoms with Gasteiger partial charge in [-0.15, -0.1) is 0 Å². The second-order valence-electron chi connectivity index (χ2n) is 4.08. The van der Waals surface area contributed by atoms with Crippen LogP contribution in [0.5, 0.6) is 0 Å². The van der Waals surface area contributed by atoms with Gasteiger partial charge >= 0.3 is 5.97 Å². The number of anilines is 2. The van der Waals surface area contributed by atoms with Crippen LogP contribution in [0, 0.1) is 6.92 Å². The second kappa shape index (κ2) is 5.34. The fourth-order valence-corrected chi connectivity index (χ4v) is 1.75. The van der Waals surface area contributed by atoms with Crippen molar-refractivity contribution in [2.45, 2.75) is 13.0 Å². The Hall–Kier alpha value is -2.63. The number of benzene rings is 1. The third kappa shape index (κ3) is 3.19. The first-order valence-electron chi connectivity index (χ1n) is 5.71. The Bertz CT molecular complexity index is 566. The maximum absolute atomic E-state index is 11.3. The van der Waals surface area contributed by atoms with Gasteiger partial charge in [0.05, 0.1) is 0 Å². The van der Waals surface area contributed by atoms with Crippen molar-refractivity contribution in [1.29, 1.82) is 0 Å². The number of aliphatic carboxylic acids is 1. The van der Waals surface area contributed by atoms with Crippen molar-refractivity contribution in [3.63, 3.8) is 0 Å². The molecule has 1 atom stereocenters. The minimum absolute atomic E-state index is 0.111. The molecule has 0 fully saturated rings. The topological polar surface area (TPSA) is 101 Å². The van der Waals surface area contributed by atoms with Gasteiger partial charge in [0.1, 0.15) is 5.82 Å². The number of nitrogen functional groups attached to an aromatic ring is 1. The average molecular weight is 258 g/mol. The van der Waals surface area contributed by atoms with E-state index >= 15 is 0 Å². The molecule has 19 heavy (non-hydrogen) atoms. The monoisotopic (exact) mass is 258 g/mol. The zero-order chi connectivity index (χ0) is 13.8. The lowest BCUT2D eigenvalue weighted by molar-refractivity contribution is -0.138. The normalized spacial score (nSPS) is 11.8. The van der Waals surface area contributed by atoms with Crippen LogP contribution in [0.15, 0.2) is 36.4 Å². The number of aryl methyl sites for hydroxylation is 1. The smallest absolute Gasteiger partial charge is 0.330 e. The summed E-state index contributed by atoms with van der Waals surface area (Å²) in [7, 11) is 0. The maximum atomic E-state index is 11.3. The van der Waals surface area contributed by atoms with Crippen LogP contribution < -0.4 is 11.1 Å². The number of nitrogens with zero attached hydrogens (tertiary/aromatic N) is 2. The predicted molar refractivity (Wildman–Crippen MR) is 71.6 cm³/mol. The van der Waals surface area contributed by atoms with E-state index in [-0.39, 0.29) is 5.95 Å². The maximum Gasteiger partial charge on any atom is 0.330 e. The summed E-state index contributed by atoms with van der Waals surface area (Å²) in [6, 6.07) is 9.64. The summed E-state index contributed by atoms with van der Waals surface area (Å²) in [5.74, 6) is -0.484. The summed E-state index contributed by atoms with van der Waals surface area (Å²) < 4.78 is 0. The Kier molecular flexibility index (Phi) is 3.61. The Morgan fingerprint density at radius 2 is 2.00 bits per heavy atom. The highest BCUT2D eigenvalue weighted by Crippen LogP contribution is 2.19. The van der Waals surface area contributed by atoms with Gasteiger partial charge in [0.15, 0.2) is 6.04 Å². The van der Waals surface area contributed by atoms with E-state index in [4.69, 9.17) is 5.73 Å². The van der Waals surface area contributed by atoms with Crippen molar-refractivity contribution in [1.82, 2.24) is 9.97 Å². The van der Waals surface area contributed by atoms with Crippen molar-refractivity contribution in [2.75, 3.05) is 11.1 Å². The molecule has 0 spiro atoms. The van der Waals surface area contributed by atoms with Crippen LogP contribution in [-0.4, -0.2) is 21.0 Å². The SMILES string of the molecule is Cc1cc(NC(C(=O)O)c2ccccc2)nc(N)n1. The highest BCUT2D eigenvalue weighted by atomic mass is 16.4. The third-order valence-electron chi connectivity index (χ3n) is 2.54. The highest BCUT2D eigenvalue weighted by molar-refractivity contribution is 5.78. The van der Waals surface area contributed by atoms with Gasteiger partial charge in [-0.2, -0.15) is 4.98 Å². The van der Waals surface area contributed by atoms with E-state index in [0.717, 1.165) is 0 Å². The first-order valence-corrected chi connectivity index (χ1v) is 5.71. The Morgan fingerprint density at radius 1 is 1.32 bits per heavy atom. The second-order valence-corrected chi connectivity index (χ2v) is 4.08. The lowest BCUT2D eigenvalue weighted by Crippen LogP contribution is -2.21. The molecule has 2 aromatic rings. The standard InChI is InChI=1S/C13H14N4O2/c1-8-7-10(17-13(14)15-8)16-11(12(18)19)9-5-3-2-4-6-9/h2-7,11H,1H3,(H,18,19)(H3,14,15,16,17). The highest BCUT2D eigenvalue weighted by Gasteiger charge is 2.20. The number of rotatable bonds is 4. The fourth-order valence-electron chi connectivity index (χ4n) is 1.75. The molecule has 1 unspecified atom stereocenters. The molecule has 0 bridgehead atoms. The molecule has 6 heteroatoms. The summed E-state index contributed by atoms with van der Waals surface area (Å²) in [4.78, 5) is 19.2. The van der Waals surface area contributed by atoms with E-state index in [0.29, 0.717) is 17.1 Å². The minimum Gasteiger partial charge on any atom is -0.479 e. The molecule has 0 aliphatic carbocycles. The van der Waals surface area contributed by atoms with Crippen molar-refractivity contribution >= 4 is 17.7 Å². The van der Waals surface area contributed by atoms with Crippen LogP contribution >= 0.6 is 0 Å². The summed E-state index contributed by atoms with van der Waals surface area (Å²) in [6.45, 7) is 1.77. The molecule has 0 aliphatic rings. The predicted octanol–water partition coefficient (Wildman–Crippen LogP) is 1.61. The number of hydrogen-bond donors (Lipinski definition) is 3. The van der Waals surface area contributed by atoms with Crippen LogP contribution in [0.4, 0.5) is 11.8 Å². The number of nitrogens with two attached hydrogens (primary N) is 1. The summed E-state index contributed by atoms with van der Waals surface area (Å²) in [5.41, 5.74) is 6.86. The fraction of sp³-hybridized carbons (Fsp3) is 0.154. The lowest BCUT2D eigenvalue weighted by Gasteiger charge is -2.15. The van der Waals surface area contributed by atoms with Gasteiger partial charge in [0.2, 0.25) is 5.95 Å². The van der Waals surface area contributed by atoms with Crippen LogP contribution in [0.1, 0.15) is 17.3 Å². The van der Waals surface area contributed by atoms with E-state index in [1.807, 2.05) is 6.07 Å². The zero-order valence-corrected chi connectivity index (χ0v) is 10.4. The Balaban J connectivity index is 2.29. The van der Waals surface area contributed by atoms with E-state index < -0.39 is 12.0 Å². The molecule has 0 radical (unpaired) electrons. The lowest BCUT2D eigenvalue weighted by atomic mass is 10.1. The summed E-state index contributed by atoms with van der Waals surface area (Å²) in [5, 5.41) is 12.1. The van der Waals surface area contributed by atoms with E-state index in [9.17, 15) is 9.90 Å². The van der Waals surface area contributed by atoms with Crippen molar-refractivity contribution in [3.8, 4) is 0 Å². The number of hydrogen-bond acceptors (Lipinski definition) is 5. The van der Waals surface area contributed by atoms with Crippen LogP contribution in [0.25, 0.3) is 0 Å². The third-order valence-corrected chi connectivity index (χ3v) is 2.54. The van der Waals surface area contributed by atoms with Crippen molar-refractivity contribution in [3.05, 3.63) is 47.7 Å². The molecule has 1 heterocycles. The largest absolute Gasteiger partial charge is 0.479 e. The number of nitrogens with one attached hydrogen (secondary N) is 1. The molecule has 4 N–H and O–H groups in total. The molecule has 1 aromatic heterocycles. The number of carboxylic acid groups (broad SMARTS) is 1. The molecular formula is C13H14N4O2. The van der Waals surface area contributed by atoms with Gasteiger partial charge in [0, 0.05) is 11.8 Å². The number of carbonyl (C=O) groups is 1. The van der Waals surface area contributed by atoms with Crippen molar-refractivity contribution < 1.29 is 9.90 Å². The first-order chi connectivity index (χ1) is 9.06.